The van der Waals surface area contributed by atoms with Crippen molar-refractivity contribution in [3.8, 4) is 11.5 Å². The third-order valence-corrected chi connectivity index (χ3v) is 7.42. The fourth-order valence-corrected chi connectivity index (χ4v) is 5.45. The molecular weight excluding hydrogens is 452 g/mol. The first-order valence-electron chi connectivity index (χ1n) is 10.8. The van der Waals surface area contributed by atoms with Crippen molar-refractivity contribution < 1.29 is 22.7 Å². The van der Waals surface area contributed by atoms with Gasteiger partial charge in [-0.3, -0.25) is 9.10 Å². The fourth-order valence-electron chi connectivity index (χ4n) is 3.90. The topological polar surface area (TPSA) is 84.9 Å². The minimum absolute atomic E-state index is 0.246. The molecule has 3 aromatic carbocycles. The lowest BCUT2D eigenvalue weighted by Gasteiger charge is -2.31. The quantitative estimate of drug-likeness (QED) is 0.506. The molecule has 7 nitrogen and oxygen atoms in total. The van der Waals surface area contributed by atoms with Crippen molar-refractivity contribution in [3.05, 3.63) is 83.9 Å². The molecule has 0 unspecified atom stereocenters. The third-order valence-electron chi connectivity index (χ3n) is 5.59. The van der Waals surface area contributed by atoms with E-state index in [1.807, 2.05) is 12.1 Å². The van der Waals surface area contributed by atoms with Crippen LogP contribution in [0.4, 0.5) is 11.4 Å². The first-order valence-corrected chi connectivity index (χ1v) is 12.3. The standard InChI is InChI=1S/C26H26N2O5S/c1-32-24-14-10-19(17-25(24)33-2)11-15-26(29)27-21-13-12-20-7-6-16-28(23(20)18-21)34(30,31)22-8-4-3-5-9-22/h3-5,8-15,17-18H,6-7,16H2,1-2H3,(H,27,29)/b15-11+. The van der Waals surface area contributed by atoms with E-state index in [0.29, 0.717) is 29.4 Å². The highest BCUT2D eigenvalue weighted by Gasteiger charge is 2.29. The van der Waals surface area contributed by atoms with Crippen molar-refractivity contribution in [2.45, 2.75) is 17.7 Å². The van der Waals surface area contributed by atoms with E-state index < -0.39 is 10.0 Å². The number of aryl methyl sites for hydroxylation is 1. The lowest BCUT2D eigenvalue weighted by atomic mass is 10.0. The predicted octanol–water partition coefficient (Wildman–Crippen LogP) is 4.50. The summed E-state index contributed by atoms with van der Waals surface area (Å²) in [6.07, 6.45) is 4.60. The number of benzene rings is 3. The van der Waals surface area contributed by atoms with Crippen LogP contribution in [0.15, 0.2) is 77.7 Å². The Hall–Kier alpha value is -3.78. The Labute approximate surface area is 199 Å². The van der Waals surface area contributed by atoms with Crippen LogP contribution in [0.1, 0.15) is 17.5 Å². The molecule has 8 heteroatoms. The van der Waals surface area contributed by atoms with Gasteiger partial charge in [0.05, 0.1) is 24.8 Å². The maximum atomic E-state index is 13.2. The molecule has 176 valence electrons. The minimum atomic E-state index is -3.69. The van der Waals surface area contributed by atoms with Crippen molar-refractivity contribution in [1.29, 1.82) is 0 Å². The van der Waals surface area contributed by atoms with Crippen LogP contribution in [0.2, 0.25) is 0 Å². The summed E-state index contributed by atoms with van der Waals surface area (Å²) in [6.45, 7) is 0.390. The first-order chi connectivity index (χ1) is 16.4. The summed E-state index contributed by atoms with van der Waals surface area (Å²) in [4.78, 5) is 12.8. The van der Waals surface area contributed by atoms with Crippen LogP contribution in [0, 0.1) is 0 Å². The van der Waals surface area contributed by atoms with E-state index in [-0.39, 0.29) is 10.8 Å². The zero-order valence-corrected chi connectivity index (χ0v) is 19.8. The van der Waals surface area contributed by atoms with E-state index in [0.717, 1.165) is 24.0 Å². The highest BCUT2D eigenvalue weighted by molar-refractivity contribution is 7.92. The van der Waals surface area contributed by atoms with Crippen LogP contribution in [-0.4, -0.2) is 35.1 Å². The average molecular weight is 479 g/mol. The second-order valence-corrected chi connectivity index (χ2v) is 9.64. The molecule has 0 radical (unpaired) electrons. The summed E-state index contributed by atoms with van der Waals surface area (Å²) in [7, 11) is -0.583. The molecule has 0 aromatic heterocycles. The Bertz CT molecular complexity index is 1320. The van der Waals surface area contributed by atoms with E-state index in [9.17, 15) is 13.2 Å². The summed E-state index contributed by atoms with van der Waals surface area (Å²) in [5.74, 6) is 0.843. The van der Waals surface area contributed by atoms with Gasteiger partial charge in [0.1, 0.15) is 0 Å². The Morgan fingerprint density at radius 3 is 2.47 bits per heavy atom. The van der Waals surface area contributed by atoms with Crippen LogP contribution in [-0.2, 0) is 21.2 Å². The molecule has 0 bridgehead atoms. The average Bonchev–Trinajstić information content (AvgIpc) is 2.87. The summed E-state index contributed by atoms with van der Waals surface area (Å²) < 4.78 is 38.4. The van der Waals surface area contributed by atoms with Crippen LogP contribution in [0.3, 0.4) is 0 Å². The van der Waals surface area contributed by atoms with Crippen molar-refractivity contribution in [1.82, 2.24) is 0 Å². The number of fused-ring (bicyclic) bond motifs is 1. The van der Waals surface area contributed by atoms with Crippen LogP contribution in [0.5, 0.6) is 11.5 Å². The monoisotopic (exact) mass is 478 g/mol. The summed E-state index contributed by atoms with van der Waals surface area (Å²) in [5.41, 5.74) is 2.83. The number of rotatable bonds is 7. The van der Waals surface area contributed by atoms with Gasteiger partial charge in [-0.25, -0.2) is 8.42 Å². The lowest BCUT2D eigenvalue weighted by molar-refractivity contribution is -0.111. The molecule has 0 atom stereocenters. The number of anilines is 2. The van der Waals surface area contributed by atoms with Gasteiger partial charge in [0.25, 0.3) is 10.0 Å². The zero-order chi connectivity index (χ0) is 24.1. The molecule has 0 spiro atoms. The second kappa shape index (κ2) is 10.0. The minimum Gasteiger partial charge on any atom is -0.493 e. The maximum Gasteiger partial charge on any atom is 0.264 e. The molecule has 0 saturated carbocycles. The number of ether oxygens (including phenoxy) is 2. The first kappa shape index (κ1) is 23.4. The smallest absolute Gasteiger partial charge is 0.264 e. The van der Waals surface area contributed by atoms with Crippen molar-refractivity contribution in [2.75, 3.05) is 30.4 Å². The highest BCUT2D eigenvalue weighted by Crippen LogP contribution is 2.34. The van der Waals surface area contributed by atoms with E-state index in [1.54, 1.807) is 74.9 Å². The number of amides is 1. The summed E-state index contributed by atoms with van der Waals surface area (Å²) >= 11 is 0. The van der Waals surface area contributed by atoms with Gasteiger partial charge in [-0.2, -0.15) is 0 Å². The number of hydrogen-bond acceptors (Lipinski definition) is 5. The normalized spacial score (nSPS) is 13.4. The molecule has 1 aliphatic heterocycles. The molecule has 1 amide bonds. The van der Waals surface area contributed by atoms with Gasteiger partial charge in [-0.1, -0.05) is 30.3 Å². The lowest BCUT2D eigenvalue weighted by Crippen LogP contribution is -2.35. The highest BCUT2D eigenvalue weighted by atomic mass is 32.2. The number of nitrogens with zero attached hydrogens (tertiary/aromatic N) is 1. The third kappa shape index (κ3) is 4.92. The van der Waals surface area contributed by atoms with Crippen LogP contribution in [0.25, 0.3) is 6.08 Å². The van der Waals surface area contributed by atoms with Crippen molar-refractivity contribution in [3.63, 3.8) is 0 Å². The van der Waals surface area contributed by atoms with Gasteiger partial charge in [0.2, 0.25) is 5.91 Å². The van der Waals surface area contributed by atoms with Gasteiger partial charge >= 0.3 is 0 Å². The van der Waals surface area contributed by atoms with E-state index >= 15 is 0 Å². The van der Waals surface area contributed by atoms with Crippen LogP contribution < -0.4 is 19.1 Å². The number of methoxy groups -OCH3 is 2. The Kier molecular flexibility index (Phi) is 6.88. The Morgan fingerprint density at radius 1 is 0.971 bits per heavy atom. The van der Waals surface area contributed by atoms with Crippen molar-refractivity contribution in [2.24, 2.45) is 0 Å². The molecule has 1 heterocycles. The molecule has 0 saturated heterocycles. The summed E-state index contributed by atoms with van der Waals surface area (Å²) in [5, 5.41) is 2.82. The predicted molar refractivity (Wildman–Crippen MR) is 133 cm³/mol. The number of hydrogen-bond donors (Lipinski definition) is 1. The molecule has 1 N–H and O–H groups in total. The number of carbonyl (C=O) groups is 1. The number of nitrogens with one attached hydrogen (secondary N) is 1. The Morgan fingerprint density at radius 2 is 1.74 bits per heavy atom. The van der Waals surface area contributed by atoms with E-state index in [4.69, 9.17) is 9.47 Å². The van der Waals surface area contributed by atoms with Gasteiger partial charge in [-0.15, -0.1) is 0 Å². The van der Waals surface area contributed by atoms with E-state index in [1.165, 1.54) is 10.4 Å². The van der Waals surface area contributed by atoms with Gasteiger partial charge in [-0.05, 0) is 66.4 Å². The number of sulfonamides is 1. The fraction of sp³-hybridized carbons (Fsp3) is 0.192. The molecule has 4 rings (SSSR count). The van der Waals surface area contributed by atoms with Gasteiger partial charge < -0.3 is 14.8 Å². The van der Waals surface area contributed by atoms with Crippen molar-refractivity contribution >= 4 is 33.4 Å². The maximum absolute atomic E-state index is 13.2. The zero-order valence-electron chi connectivity index (χ0n) is 19.0. The molecule has 1 aliphatic rings. The van der Waals surface area contributed by atoms with Crippen LogP contribution >= 0.6 is 0 Å². The SMILES string of the molecule is COc1ccc(/C=C/C(=O)Nc2ccc3c(c2)N(S(=O)(=O)c2ccccc2)CCC3)cc1OC. The summed E-state index contributed by atoms with van der Waals surface area (Å²) in [6, 6.07) is 19.1. The molecule has 3 aromatic rings. The number of carbonyl (C=O) groups excluding carboxylic acids is 1. The molecule has 34 heavy (non-hydrogen) atoms. The molecular formula is C26H26N2O5S. The second-order valence-electron chi connectivity index (χ2n) is 7.77. The van der Waals surface area contributed by atoms with Gasteiger partial charge in [0, 0.05) is 18.3 Å². The largest absolute Gasteiger partial charge is 0.493 e. The van der Waals surface area contributed by atoms with E-state index in [2.05, 4.69) is 5.32 Å². The Balaban J connectivity index is 1.54. The van der Waals surface area contributed by atoms with Gasteiger partial charge in [0.15, 0.2) is 11.5 Å². The molecule has 0 aliphatic carbocycles. The molecule has 0 fully saturated rings.